The van der Waals surface area contributed by atoms with Gasteiger partial charge in [0.2, 0.25) is 4.33 Å². The van der Waals surface area contributed by atoms with Crippen LogP contribution in [0.15, 0.2) is 0 Å². The number of carbonyl (C=O) groups excluding carboxylic acids is 1. The van der Waals surface area contributed by atoms with Gasteiger partial charge in [0.15, 0.2) is 0 Å². The van der Waals surface area contributed by atoms with Crippen LogP contribution in [0.4, 0.5) is 13.2 Å². The Morgan fingerprint density at radius 3 is 2.12 bits per heavy atom. The number of ether oxygens (including phenoxy) is 1. The quantitative estimate of drug-likeness (QED) is 0.544. The predicted octanol–water partition coefficient (Wildman–Crippen LogP) is 2.92. The summed E-state index contributed by atoms with van der Waals surface area (Å²) in [6, 6.07) is 0. The van der Waals surface area contributed by atoms with Gasteiger partial charge < -0.3 is 4.74 Å². The van der Waals surface area contributed by atoms with Crippen LogP contribution >= 0.6 is 23.2 Å². The highest BCUT2D eigenvalue weighted by atomic mass is 35.5. The molecule has 2 rings (SSSR count). The molecule has 16 heavy (non-hydrogen) atoms. The number of alkyl halides is 5. The summed E-state index contributed by atoms with van der Waals surface area (Å²) in [5.74, 6) is -1.72. The van der Waals surface area contributed by atoms with Crippen molar-refractivity contribution in [3.05, 3.63) is 0 Å². The normalized spacial score (nSPS) is 36.9. The molecule has 0 radical (unpaired) electrons. The largest absolute Gasteiger partial charge is 0.458 e. The molecule has 1 aliphatic heterocycles. The number of rotatable bonds is 1. The first-order valence-electron chi connectivity index (χ1n) is 4.66. The minimum absolute atomic E-state index is 0.514. The van der Waals surface area contributed by atoms with Crippen LogP contribution in [0.25, 0.3) is 0 Å². The highest BCUT2D eigenvalue weighted by molar-refractivity contribution is 6.49. The number of fused-ring (bicyclic) bond motifs is 1. The number of halogens is 5. The van der Waals surface area contributed by atoms with Crippen LogP contribution in [0.3, 0.4) is 0 Å². The van der Waals surface area contributed by atoms with E-state index in [1.54, 1.807) is 13.8 Å². The average Bonchev–Trinajstić information content (AvgIpc) is 2.48. The van der Waals surface area contributed by atoms with Crippen LogP contribution in [0, 0.1) is 17.3 Å². The third-order valence-corrected chi connectivity index (χ3v) is 4.33. The summed E-state index contributed by atoms with van der Waals surface area (Å²) in [7, 11) is 0. The third kappa shape index (κ3) is 1.37. The molecule has 0 aromatic rings. The minimum Gasteiger partial charge on any atom is -0.458 e. The van der Waals surface area contributed by atoms with E-state index in [9.17, 15) is 18.0 Å². The molecule has 0 aromatic carbocycles. The standard InChI is InChI=1S/C9H9Cl2F3O2/c1-7(2)3-4(7)6(15)16-5(3)8(10,11)9(12,13)14/h3-5H,1-2H3/t3-,4+,5?/m0/s1. The summed E-state index contributed by atoms with van der Waals surface area (Å²) in [4.78, 5) is 11.3. The average molecular weight is 277 g/mol. The second-order valence-electron chi connectivity index (χ2n) is 4.80. The summed E-state index contributed by atoms with van der Waals surface area (Å²) < 4.78 is 39.4. The summed E-state index contributed by atoms with van der Waals surface area (Å²) in [5, 5.41) is 0. The van der Waals surface area contributed by atoms with Crippen molar-refractivity contribution in [2.45, 2.75) is 30.5 Å². The zero-order valence-electron chi connectivity index (χ0n) is 8.44. The number of hydrogen-bond acceptors (Lipinski definition) is 2. The lowest BCUT2D eigenvalue weighted by molar-refractivity contribution is -0.176. The summed E-state index contributed by atoms with van der Waals surface area (Å²) in [5.41, 5.74) is -0.514. The highest BCUT2D eigenvalue weighted by Crippen LogP contribution is 2.68. The molecule has 92 valence electrons. The van der Waals surface area contributed by atoms with E-state index in [1.807, 2.05) is 0 Å². The molecule has 1 unspecified atom stereocenters. The van der Waals surface area contributed by atoms with Gasteiger partial charge in [0.1, 0.15) is 6.10 Å². The van der Waals surface area contributed by atoms with Gasteiger partial charge in [-0.3, -0.25) is 4.79 Å². The van der Waals surface area contributed by atoms with Gasteiger partial charge >= 0.3 is 12.1 Å². The van der Waals surface area contributed by atoms with E-state index in [4.69, 9.17) is 23.2 Å². The first-order chi connectivity index (χ1) is 7.01. The third-order valence-electron chi connectivity index (χ3n) is 3.47. The van der Waals surface area contributed by atoms with Gasteiger partial charge in [0.05, 0.1) is 5.92 Å². The maximum atomic E-state index is 12.6. The van der Waals surface area contributed by atoms with E-state index < -0.39 is 39.8 Å². The van der Waals surface area contributed by atoms with Gasteiger partial charge in [-0.25, -0.2) is 0 Å². The lowest BCUT2D eigenvalue weighted by Crippen LogP contribution is -2.47. The monoisotopic (exact) mass is 276 g/mol. The molecule has 0 aromatic heterocycles. The molecular formula is C9H9Cl2F3O2. The SMILES string of the molecule is CC1(C)[C@@H]2C(C(Cl)(Cl)C(F)(F)F)OC(=O)[C@@H]21. The van der Waals surface area contributed by atoms with E-state index in [0.29, 0.717) is 0 Å². The molecule has 0 bridgehead atoms. The molecule has 0 spiro atoms. The lowest BCUT2D eigenvalue weighted by Gasteiger charge is -2.30. The van der Waals surface area contributed by atoms with Crippen LogP contribution in [-0.2, 0) is 9.53 Å². The molecule has 1 saturated carbocycles. The van der Waals surface area contributed by atoms with Crippen molar-refractivity contribution in [3.63, 3.8) is 0 Å². The maximum absolute atomic E-state index is 12.6. The predicted molar refractivity (Wildman–Crippen MR) is 51.1 cm³/mol. The zero-order valence-corrected chi connectivity index (χ0v) is 9.95. The minimum atomic E-state index is -4.82. The van der Waals surface area contributed by atoms with Crippen molar-refractivity contribution in [1.82, 2.24) is 0 Å². The Balaban J connectivity index is 2.29. The van der Waals surface area contributed by atoms with Crippen LogP contribution in [0.2, 0.25) is 0 Å². The smallest absolute Gasteiger partial charge is 0.425 e. The van der Waals surface area contributed by atoms with Crippen molar-refractivity contribution in [3.8, 4) is 0 Å². The van der Waals surface area contributed by atoms with E-state index in [-0.39, 0.29) is 0 Å². The van der Waals surface area contributed by atoms with Gasteiger partial charge in [-0.05, 0) is 5.41 Å². The van der Waals surface area contributed by atoms with Crippen molar-refractivity contribution < 1.29 is 22.7 Å². The zero-order chi connectivity index (χ0) is 12.5. The Hall–Kier alpha value is -0.160. The molecule has 3 atom stereocenters. The van der Waals surface area contributed by atoms with E-state index in [1.165, 1.54) is 0 Å². The second kappa shape index (κ2) is 2.99. The fourth-order valence-corrected chi connectivity index (χ4v) is 2.79. The van der Waals surface area contributed by atoms with Crippen LogP contribution in [0.1, 0.15) is 13.8 Å². The summed E-state index contributed by atoms with van der Waals surface area (Å²) in [6.07, 6.45) is -6.34. The van der Waals surface area contributed by atoms with Crippen LogP contribution < -0.4 is 0 Å². The molecule has 2 nitrogen and oxygen atoms in total. The van der Waals surface area contributed by atoms with Crippen LogP contribution in [0.5, 0.6) is 0 Å². The summed E-state index contributed by atoms with van der Waals surface area (Å²) in [6.45, 7) is 3.41. The molecule has 1 heterocycles. The fourth-order valence-electron chi connectivity index (χ4n) is 2.43. The summed E-state index contributed by atoms with van der Waals surface area (Å²) >= 11 is 10.6. The van der Waals surface area contributed by atoms with Crippen molar-refractivity contribution in [2.75, 3.05) is 0 Å². The topological polar surface area (TPSA) is 26.3 Å². The Morgan fingerprint density at radius 1 is 1.31 bits per heavy atom. The van der Waals surface area contributed by atoms with Gasteiger partial charge in [-0.1, -0.05) is 37.0 Å². The Bertz CT molecular complexity index is 351. The molecule has 7 heteroatoms. The molecule has 2 fully saturated rings. The van der Waals surface area contributed by atoms with Crippen molar-refractivity contribution in [2.24, 2.45) is 17.3 Å². The van der Waals surface area contributed by atoms with E-state index >= 15 is 0 Å². The Morgan fingerprint density at radius 2 is 1.81 bits per heavy atom. The molecule has 1 saturated heterocycles. The Labute approximate surface area is 100 Å². The van der Waals surface area contributed by atoms with Gasteiger partial charge in [0, 0.05) is 5.92 Å². The first-order valence-corrected chi connectivity index (χ1v) is 5.42. The fraction of sp³-hybridized carbons (Fsp3) is 0.889. The van der Waals surface area contributed by atoms with Gasteiger partial charge in [-0.2, -0.15) is 13.2 Å². The number of hydrogen-bond donors (Lipinski definition) is 0. The number of cyclic esters (lactones) is 1. The molecular weight excluding hydrogens is 268 g/mol. The first kappa shape index (κ1) is 12.3. The number of carbonyl (C=O) groups is 1. The molecule has 0 amide bonds. The molecule has 0 N–H and O–H groups in total. The molecule has 2 aliphatic rings. The van der Waals surface area contributed by atoms with Crippen molar-refractivity contribution in [1.29, 1.82) is 0 Å². The van der Waals surface area contributed by atoms with E-state index in [0.717, 1.165) is 0 Å². The van der Waals surface area contributed by atoms with Gasteiger partial charge in [0.25, 0.3) is 0 Å². The Kier molecular flexibility index (Phi) is 2.30. The lowest BCUT2D eigenvalue weighted by atomic mass is 10.0. The van der Waals surface area contributed by atoms with Crippen LogP contribution in [-0.4, -0.2) is 22.6 Å². The van der Waals surface area contributed by atoms with Crippen molar-refractivity contribution >= 4 is 29.2 Å². The highest BCUT2D eigenvalue weighted by Gasteiger charge is 2.78. The van der Waals surface area contributed by atoms with Gasteiger partial charge in [-0.15, -0.1) is 0 Å². The number of esters is 1. The maximum Gasteiger partial charge on any atom is 0.425 e. The second-order valence-corrected chi connectivity index (χ2v) is 6.19. The molecule has 1 aliphatic carbocycles. The van der Waals surface area contributed by atoms with E-state index in [2.05, 4.69) is 4.74 Å².